The highest BCUT2D eigenvalue weighted by Gasteiger charge is 2.26. The number of amides is 2. The van der Waals surface area contributed by atoms with E-state index in [9.17, 15) is 14.4 Å². The van der Waals surface area contributed by atoms with Crippen LogP contribution in [0.2, 0.25) is 0 Å². The average molecular weight is 454 g/mol. The second-order valence-electron chi connectivity index (χ2n) is 8.70. The summed E-state index contributed by atoms with van der Waals surface area (Å²) in [6.45, 7) is 7.77. The van der Waals surface area contributed by atoms with Crippen molar-refractivity contribution in [2.45, 2.75) is 40.3 Å². The number of likely N-dealkylation sites (tertiary alicyclic amines) is 1. The standard InChI is InChI=1S/C23H27N5O3S/c1-14-7-15(2)11-27(10-14)18(29)12-28-13-26-22-19(23(28)31)16(3)20(32-22)21(30)25-9-17-5-4-6-24-8-17/h4-6,8,13-15H,7,9-12H2,1-3H3,(H,25,30). The largest absolute Gasteiger partial charge is 0.347 e. The minimum absolute atomic E-state index is 0.0426. The number of nitrogens with one attached hydrogen (secondary N) is 1. The molecule has 1 aliphatic rings. The van der Waals surface area contributed by atoms with Crippen molar-refractivity contribution in [3.8, 4) is 0 Å². The molecule has 0 radical (unpaired) electrons. The molecule has 1 fully saturated rings. The van der Waals surface area contributed by atoms with Crippen LogP contribution >= 0.6 is 11.3 Å². The van der Waals surface area contributed by atoms with E-state index < -0.39 is 0 Å². The van der Waals surface area contributed by atoms with Crippen LogP contribution in [-0.2, 0) is 17.9 Å². The first kappa shape index (κ1) is 22.1. The van der Waals surface area contributed by atoms with Gasteiger partial charge in [0.25, 0.3) is 11.5 Å². The van der Waals surface area contributed by atoms with Gasteiger partial charge in [0.05, 0.1) is 16.6 Å². The molecular formula is C23H27N5O3S. The number of carbonyl (C=O) groups excluding carboxylic acids is 2. The Labute approximate surface area is 190 Å². The van der Waals surface area contributed by atoms with Crippen LogP contribution in [0.1, 0.15) is 41.1 Å². The average Bonchev–Trinajstić information content (AvgIpc) is 3.11. The normalized spacial score (nSPS) is 18.7. The summed E-state index contributed by atoms with van der Waals surface area (Å²) >= 11 is 1.19. The van der Waals surface area contributed by atoms with Crippen molar-refractivity contribution < 1.29 is 9.59 Å². The van der Waals surface area contributed by atoms with E-state index in [1.807, 2.05) is 17.0 Å². The number of hydrogen-bond acceptors (Lipinski definition) is 6. The summed E-state index contributed by atoms with van der Waals surface area (Å²) in [5.41, 5.74) is 1.19. The molecule has 1 N–H and O–H groups in total. The summed E-state index contributed by atoms with van der Waals surface area (Å²) in [4.78, 5) is 49.9. The lowest BCUT2D eigenvalue weighted by Gasteiger charge is -2.35. The van der Waals surface area contributed by atoms with Crippen LogP contribution in [0.5, 0.6) is 0 Å². The van der Waals surface area contributed by atoms with Crippen LogP contribution < -0.4 is 10.9 Å². The molecule has 4 heterocycles. The number of pyridine rings is 1. The Morgan fingerprint density at radius 2 is 2.00 bits per heavy atom. The molecule has 168 valence electrons. The van der Waals surface area contributed by atoms with Gasteiger partial charge in [0.15, 0.2) is 0 Å². The number of nitrogens with zero attached hydrogens (tertiary/aromatic N) is 4. The first-order chi connectivity index (χ1) is 15.3. The van der Waals surface area contributed by atoms with Gasteiger partial charge in [-0.3, -0.25) is 23.9 Å². The summed E-state index contributed by atoms with van der Waals surface area (Å²) in [7, 11) is 0. The Morgan fingerprint density at radius 1 is 1.25 bits per heavy atom. The summed E-state index contributed by atoms with van der Waals surface area (Å²) in [6.07, 6.45) is 5.89. The van der Waals surface area contributed by atoms with Gasteiger partial charge in [-0.05, 0) is 42.4 Å². The van der Waals surface area contributed by atoms with Crippen LogP contribution in [0.15, 0.2) is 35.6 Å². The fourth-order valence-corrected chi connectivity index (χ4v) is 5.42. The lowest BCUT2D eigenvalue weighted by Crippen LogP contribution is -2.44. The van der Waals surface area contributed by atoms with Crippen molar-refractivity contribution >= 4 is 33.4 Å². The smallest absolute Gasteiger partial charge is 0.262 e. The molecule has 2 amide bonds. The van der Waals surface area contributed by atoms with Crippen molar-refractivity contribution in [3.05, 3.63) is 57.2 Å². The highest BCUT2D eigenvalue weighted by atomic mass is 32.1. The second-order valence-corrected chi connectivity index (χ2v) is 9.70. The van der Waals surface area contributed by atoms with Crippen LogP contribution in [0.25, 0.3) is 10.2 Å². The van der Waals surface area contributed by atoms with Crippen molar-refractivity contribution in [2.24, 2.45) is 11.8 Å². The first-order valence-electron chi connectivity index (χ1n) is 10.8. The van der Waals surface area contributed by atoms with E-state index in [2.05, 4.69) is 29.1 Å². The maximum Gasteiger partial charge on any atom is 0.262 e. The van der Waals surface area contributed by atoms with E-state index in [4.69, 9.17) is 0 Å². The highest BCUT2D eigenvalue weighted by molar-refractivity contribution is 7.20. The van der Waals surface area contributed by atoms with Crippen molar-refractivity contribution in [2.75, 3.05) is 13.1 Å². The molecule has 3 aromatic rings. The van der Waals surface area contributed by atoms with Gasteiger partial charge in [0.1, 0.15) is 11.4 Å². The summed E-state index contributed by atoms with van der Waals surface area (Å²) in [5.74, 6) is 0.570. The molecule has 0 saturated carbocycles. The van der Waals surface area contributed by atoms with E-state index >= 15 is 0 Å². The number of aryl methyl sites for hydroxylation is 1. The zero-order valence-corrected chi connectivity index (χ0v) is 19.3. The quantitative estimate of drug-likeness (QED) is 0.640. The summed E-state index contributed by atoms with van der Waals surface area (Å²) in [5, 5.41) is 3.27. The molecule has 8 nitrogen and oxygen atoms in total. The molecule has 2 unspecified atom stereocenters. The minimum atomic E-state index is -0.290. The van der Waals surface area contributed by atoms with E-state index in [-0.39, 0.29) is 23.9 Å². The predicted molar refractivity (Wildman–Crippen MR) is 124 cm³/mol. The molecular weight excluding hydrogens is 426 g/mol. The van der Waals surface area contributed by atoms with Gasteiger partial charge in [-0.2, -0.15) is 0 Å². The Bertz CT molecular complexity index is 1190. The number of rotatable bonds is 5. The Morgan fingerprint density at radius 3 is 2.69 bits per heavy atom. The lowest BCUT2D eigenvalue weighted by molar-refractivity contribution is -0.134. The molecule has 9 heteroatoms. The third-order valence-electron chi connectivity index (χ3n) is 5.83. The van der Waals surface area contributed by atoms with Crippen molar-refractivity contribution in [1.82, 2.24) is 24.8 Å². The van der Waals surface area contributed by atoms with Crippen LogP contribution in [0.3, 0.4) is 0 Å². The molecule has 32 heavy (non-hydrogen) atoms. The molecule has 4 rings (SSSR count). The zero-order chi connectivity index (χ0) is 22.8. The van der Waals surface area contributed by atoms with Gasteiger partial charge < -0.3 is 10.2 Å². The fourth-order valence-electron chi connectivity index (χ4n) is 4.37. The van der Waals surface area contributed by atoms with Gasteiger partial charge in [0.2, 0.25) is 5.91 Å². The number of piperidine rings is 1. The van der Waals surface area contributed by atoms with Crippen molar-refractivity contribution in [1.29, 1.82) is 0 Å². The maximum atomic E-state index is 13.1. The van der Waals surface area contributed by atoms with Crippen LogP contribution in [0.4, 0.5) is 0 Å². The minimum Gasteiger partial charge on any atom is -0.347 e. The van der Waals surface area contributed by atoms with Crippen LogP contribution in [-0.4, -0.2) is 44.3 Å². The number of fused-ring (bicyclic) bond motifs is 1. The monoisotopic (exact) mass is 453 g/mol. The number of hydrogen-bond donors (Lipinski definition) is 1. The maximum absolute atomic E-state index is 13.1. The third-order valence-corrected chi connectivity index (χ3v) is 7.03. The van der Waals surface area contributed by atoms with Gasteiger partial charge in [0, 0.05) is 32.0 Å². The lowest BCUT2D eigenvalue weighted by atomic mass is 9.92. The zero-order valence-electron chi connectivity index (χ0n) is 18.5. The molecule has 0 aromatic carbocycles. The number of thiophene rings is 1. The molecule has 0 spiro atoms. The number of aromatic nitrogens is 3. The fraction of sp³-hybridized carbons (Fsp3) is 0.435. The summed E-state index contributed by atoms with van der Waals surface area (Å²) < 4.78 is 1.35. The molecule has 2 atom stereocenters. The second kappa shape index (κ2) is 9.20. The van der Waals surface area contributed by atoms with E-state index in [1.54, 1.807) is 19.3 Å². The van der Waals surface area contributed by atoms with E-state index in [0.717, 1.165) is 12.0 Å². The number of carbonyl (C=O) groups is 2. The Balaban J connectivity index is 1.53. The summed E-state index contributed by atoms with van der Waals surface area (Å²) in [6, 6.07) is 3.69. The molecule has 0 bridgehead atoms. The van der Waals surface area contributed by atoms with Crippen molar-refractivity contribution in [3.63, 3.8) is 0 Å². The topological polar surface area (TPSA) is 97.2 Å². The van der Waals surface area contributed by atoms with Gasteiger partial charge in [-0.25, -0.2) is 4.98 Å². The molecule has 1 saturated heterocycles. The molecule has 3 aromatic heterocycles. The Kier molecular flexibility index (Phi) is 6.36. The predicted octanol–water partition coefficient (Wildman–Crippen LogP) is 2.60. The third kappa shape index (κ3) is 4.57. The molecule has 1 aliphatic heterocycles. The first-order valence-corrected chi connectivity index (χ1v) is 11.6. The van der Waals surface area contributed by atoms with Gasteiger partial charge in [-0.15, -0.1) is 11.3 Å². The highest BCUT2D eigenvalue weighted by Crippen LogP contribution is 2.27. The van der Waals surface area contributed by atoms with E-state index in [0.29, 0.717) is 52.1 Å². The SMILES string of the molecule is Cc1c(C(=O)NCc2cccnc2)sc2ncn(CC(=O)N3CC(C)CC(C)C3)c(=O)c12. The van der Waals surface area contributed by atoms with Gasteiger partial charge >= 0.3 is 0 Å². The van der Waals surface area contributed by atoms with E-state index in [1.165, 1.54) is 22.2 Å². The Hall–Kier alpha value is -3.07. The molecule has 0 aliphatic carbocycles. The van der Waals surface area contributed by atoms with Gasteiger partial charge in [-0.1, -0.05) is 19.9 Å². The van der Waals surface area contributed by atoms with Crippen LogP contribution in [0, 0.1) is 18.8 Å².